The van der Waals surface area contributed by atoms with E-state index in [2.05, 4.69) is 15.7 Å². The topological polar surface area (TPSA) is 85.3 Å². The highest BCUT2D eigenvalue weighted by Crippen LogP contribution is 2.10. The number of nitrogens with one attached hydrogen (secondary N) is 2. The summed E-state index contributed by atoms with van der Waals surface area (Å²) in [6.07, 6.45) is 3.62. The normalized spacial score (nSPS) is 10.3. The number of hydrogen-bond donors (Lipinski definition) is 2. The fourth-order valence-corrected chi connectivity index (χ4v) is 2.60. The Kier molecular flexibility index (Phi) is 6.78. The van der Waals surface area contributed by atoms with Crippen molar-refractivity contribution in [1.29, 1.82) is 0 Å². The summed E-state index contributed by atoms with van der Waals surface area (Å²) in [5, 5.41) is 9.58. The van der Waals surface area contributed by atoms with Crippen LogP contribution in [0.4, 0.5) is 0 Å². The zero-order chi connectivity index (χ0) is 19.6. The van der Waals surface area contributed by atoms with Crippen LogP contribution in [0.3, 0.4) is 0 Å². The van der Waals surface area contributed by atoms with E-state index in [0.717, 1.165) is 11.1 Å². The summed E-state index contributed by atoms with van der Waals surface area (Å²) in [4.78, 5) is 23.8. The number of nitrogens with zero attached hydrogens (tertiary/aromatic N) is 2. The lowest BCUT2D eigenvalue weighted by Crippen LogP contribution is -2.38. The van der Waals surface area contributed by atoms with Gasteiger partial charge in [0.2, 0.25) is 5.91 Å². The van der Waals surface area contributed by atoms with E-state index >= 15 is 0 Å². The Morgan fingerprint density at radius 3 is 2.39 bits per heavy atom. The summed E-state index contributed by atoms with van der Waals surface area (Å²) in [5.41, 5.74) is 2.08. The Bertz CT molecular complexity index is 895. The quantitative estimate of drug-likeness (QED) is 0.594. The van der Waals surface area contributed by atoms with Crippen molar-refractivity contribution >= 4 is 11.8 Å². The van der Waals surface area contributed by atoms with Crippen molar-refractivity contribution in [3.05, 3.63) is 84.2 Å². The van der Waals surface area contributed by atoms with E-state index in [-0.39, 0.29) is 25.0 Å². The summed E-state index contributed by atoms with van der Waals surface area (Å²) < 4.78 is 7.17. The molecule has 144 valence electrons. The van der Waals surface area contributed by atoms with E-state index in [4.69, 9.17) is 4.74 Å². The van der Waals surface area contributed by atoms with Gasteiger partial charge in [0, 0.05) is 18.9 Å². The van der Waals surface area contributed by atoms with Crippen LogP contribution in [0.5, 0.6) is 5.75 Å². The lowest BCUT2D eigenvalue weighted by Gasteiger charge is -2.11. The third-order valence-corrected chi connectivity index (χ3v) is 4.05. The van der Waals surface area contributed by atoms with Crippen molar-refractivity contribution in [2.24, 2.45) is 0 Å². The number of carbonyl (C=O) groups is 2. The molecule has 0 saturated carbocycles. The molecule has 0 unspecified atom stereocenters. The van der Waals surface area contributed by atoms with Gasteiger partial charge in [0.25, 0.3) is 5.91 Å². The van der Waals surface area contributed by atoms with Gasteiger partial charge in [-0.15, -0.1) is 0 Å². The van der Waals surface area contributed by atoms with Gasteiger partial charge < -0.3 is 15.4 Å². The molecule has 0 radical (unpaired) electrons. The molecule has 3 aromatic rings. The number of carbonyl (C=O) groups excluding carboxylic acids is 2. The van der Waals surface area contributed by atoms with Crippen LogP contribution < -0.4 is 15.4 Å². The minimum absolute atomic E-state index is 0.0989. The number of para-hydroxylation sites is 1. The molecule has 2 N–H and O–H groups in total. The maximum Gasteiger partial charge on any atom is 0.258 e. The lowest BCUT2D eigenvalue weighted by atomic mass is 10.1. The molecule has 0 aliphatic heterocycles. The number of benzene rings is 2. The van der Waals surface area contributed by atoms with E-state index in [0.29, 0.717) is 18.8 Å². The smallest absolute Gasteiger partial charge is 0.258 e. The van der Waals surface area contributed by atoms with E-state index in [1.54, 1.807) is 18.3 Å². The van der Waals surface area contributed by atoms with Crippen LogP contribution in [-0.4, -0.2) is 34.7 Å². The van der Waals surface area contributed by atoms with E-state index < -0.39 is 0 Å². The van der Waals surface area contributed by atoms with Gasteiger partial charge >= 0.3 is 0 Å². The van der Waals surface area contributed by atoms with Crippen LogP contribution in [0.15, 0.2) is 73.1 Å². The van der Waals surface area contributed by atoms with Crippen molar-refractivity contribution in [1.82, 2.24) is 20.4 Å². The maximum atomic E-state index is 12.0. The highest BCUT2D eigenvalue weighted by Gasteiger charge is 2.08. The molecule has 0 fully saturated rings. The minimum Gasteiger partial charge on any atom is -0.484 e. The Balaban J connectivity index is 1.41. The van der Waals surface area contributed by atoms with Crippen LogP contribution in [0.25, 0.3) is 0 Å². The second-order valence-corrected chi connectivity index (χ2v) is 6.13. The molecule has 0 bridgehead atoms. The number of hydrogen-bond acceptors (Lipinski definition) is 4. The van der Waals surface area contributed by atoms with Gasteiger partial charge in [0.05, 0.1) is 13.1 Å². The molecule has 0 saturated heterocycles. The molecule has 7 nitrogen and oxygen atoms in total. The number of amides is 2. The predicted octanol–water partition coefficient (Wildman–Crippen LogP) is 1.74. The van der Waals surface area contributed by atoms with Gasteiger partial charge in [-0.05, 0) is 29.3 Å². The fraction of sp³-hybridized carbons (Fsp3) is 0.190. The standard InChI is InChI=1S/C21H22N4O3/c26-20(14-23-21(27)16-28-19-9-2-1-3-10-19)22-13-17-7-4-5-8-18(17)15-25-12-6-11-24-25/h1-12H,13-16H2,(H,22,26)(H,23,27). The SMILES string of the molecule is O=C(CNC(=O)COc1ccccc1)NCc1ccccc1Cn1cccn1. The Morgan fingerprint density at radius 1 is 0.893 bits per heavy atom. The first-order valence-corrected chi connectivity index (χ1v) is 8.96. The minimum atomic E-state index is -0.349. The van der Waals surface area contributed by atoms with Gasteiger partial charge in [-0.2, -0.15) is 5.10 Å². The van der Waals surface area contributed by atoms with E-state index in [9.17, 15) is 9.59 Å². The average molecular weight is 378 g/mol. The molecular formula is C21H22N4O3. The molecule has 2 aromatic carbocycles. The summed E-state index contributed by atoms with van der Waals surface area (Å²) in [7, 11) is 0. The van der Waals surface area contributed by atoms with Gasteiger partial charge in [-0.1, -0.05) is 42.5 Å². The maximum absolute atomic E-state index is 12.0. The summed E-state index contributed by atoms with van der Waals surface area (Å²) in [6, 6.07) is 18.8. The van der Waals surface area contributed by atoms with Gasteiger partial charge in [-0.25, -0.2) is 0 Å². The molecule has 1 aromatic heterocycles. The van der Waals surface area contributed by atoms with Gasteiger partial charge in [-0.3, -0.25) is 14.3 Å². The third-order valence-electron chi connectivity index (χ3n) is 4.05. The second-order valence-electron chi connectivity index (χ2n) is 6.13. The van der Waals surface area contributed by atoms with Crippen LogP contribution >= 0.6 is 0 Å². The molecule has 3 rings (SSSR count). The predicted molar refractivity (Wildman–Crippen MR) is 105 cm³/mol. The highest BCUT2D eigenvalue weighted by molar-refractivity contribution is 5.85. The van der Waals surface area contributed by atoms with Crippen LogP contribution in [-0.2, 0) is 22.7 Å². The second kappa shape index (κ2) is 9.91. The molecule has 0 spiro atoms. The van der Waals surface area contributed by atoms with Crippen molar-refractivity contribution in [3.63, 3.8) is 0 Å². The van der Waals surface area contributed by atoms with Crippen LogP contribution in [0.2, 0.25) is 0 Å². The van der Waals surface area contributed by atoms with Crippen molar-refractivity contribution in [2.75, 3.05) is 13.2 Å². The van der Waals surface area contributed by atoms with Gasteiger partial charge in [0.15, 0.2) is 6.61 Å². The molecule has 2 amide bonds. The Labute approximate surface area is 163 Å². The molecule has 28 heavy (non-hydrogen) atoms. The summed E-state index contributed by atoms with van der Waals surface area (Å²) in [5.74, 6) is -0.00377. The first-order chi connectivity index (χ1) is 13.7. The van der Waals surface area contributed by atoms with E-state index in [1.807, 2.05) is 59.4 Å². The first kappa shape index (κ1) is 19.2. The third kappa shape index (κ3) is 5.98. The Morgan fingerprint density at radius 2 is 1.64 bits per heavy atom. The van der Waals surface area contributed by atoms with Crippen LogP contribution in [0, 0.1) is 0 Å². The van der Waals surface area contributed by atoms with Crippen LogP contribution in [0.1, 0.15) is 11.1 Å². The summed E-state index contributed by atoms with van der Waals surface area (Å²) in [6.45, 7) is 0.779. The zero-order valence-corrected chi connectivity index (χ0v) is 15.4. The zero-order valence-electron chi connectivity index (χ0n) is 15.4. The number of aromatic nitrogens is 2. The first-order valence-electron chi connectivity index (χ1n) is 8.96. The monoisotopic (exact) mass is 378 g/mol. The van der Waals surface area contributed by atoms with Crippen molar-refractivity contribution < 1.29 is 14.3 Å². The fourth-order valence-electron chi connectivity index (χ4n) is 2.60. The average Bonchev–Trinajstić information content (AvgIpc) is 3.24. The molecule has 0 atom stereocenters. The van der Waals surface area contributed by atoms with Gasteiger partial charge in [0.1, 0.15) is 5.75 Å². The molecule has 0 aliphatic carbocycles. The molecule has 0 aliphatic rings. The molecular weight excluding hydrogens is 356 g/mol. The number of rotatable bonds is 9. The molecule has 7 heteroatoms. The number of ether oxygens (including phenoxy) is 1. The largest absolute Gasteiger partial charge is 0.484 e. The summed E-state index contributed by atoms with van der Waals surface area (Å²) >= 11 is 0. The highest BCUT2D eigenvalue weighted by atomic mass is 16.5. The molecule has 1 heterocycles. The lowest BCUT2D eigenvalue weighted by molar-refractivity contribution is -0.127. The van der Waals surface area contributed by atoms with Crippen molar-refractivity contribution in [2.45, 2.75) is 13.1 Å². The van der Waals surface area contributed by atoms with Crippen molar-refractivity contribution in [3.8, 4) is 5.75 Å². The van der Waals surface area contributed by atoms with E-state index in [1.165, 1.54) is 0 Å². The Hall–Kier alpha value is -3.61.